The third-order valence-corrected chi connectivity index (χ3v) is 5.31. The normalized spacial score (nSPS) is 13.2. The number of nitrogens with zero attached hydrogens (tertiary/aromatic N) is 1. The number of carbonyl (C=O) groups is 1. The van der Waals surface area contributed by atoms with E-state index in [4.69, 9.17) is 9.47 Å². The minimum absolute atomic E-state index is 0.127. The Balaban J connectivity index is 1.37. The molecule has 0 saturated carbocycles. The summed E-state index contributed by atoms with van der Waals surface area (Å²) in [5.74, 6) is 0.814. The number of anilines is 1. The molecule has 6 nitrogen and oxygen atoms in total. The Kier molecular flexibility index (Phi) is 3.71. The Morgan fingerprint density at radius 1 is 1.22 bits per heavy atom. The Bertz CT molecular complexity index is 1140. The summed E-state index contributed by atoms with van der Waals surface area (Å²) >= 11 is 1.37. The number of ether oxygens (including phenoxy) is 2. The number of aromatic nitrogens is 2. The molecule has 0 fully saturated rings. The fraction of sp³-hybridized carbons (Fsp3) is 0.158. The lowest BCUT2D eigenvalue weighted by Gasteiger charge is -2.17. The second-order valence-corrected chi connectivity index (χ2v) is 7.24. The zero-order chi connectivity index (χ0) is 18.4. The molecule has 0 spiro atoms. The van der Waals surface area contributed by atoms with Crippen molar-refractivity contribution in [2.24, 2.45) is 0 Å². The molecule has 0 saturated heterocycles. The van der Waals surface area contributed by atoms with E-state index >= 15 is 0 Å². The molecule has 1 amide bonds. The third kappa shape index (κ3) is 2.97. The first-order valence-corrected chi connectivity index (χ1v) is 9.23. The van der Waals surface area contributed by atoms with Gasteiger partial charge in [-0.25, -0.2) is 9.37 Å². The molecule has 3 heterocycles. The predicted molar refractivity (Wildman–Crippen MR) is 101 cm³/mol. The molecule has 0 aliphatic carbocycles. The summed E-state index contributed by atoms with van der Waals surface area (Å²) in [6, 6.07) is 8.16. The molecule has 2 N–H and O–H groups in total. The quantitative estimate of drug-likeness (QED) is 0.563. The van der Waals surface area contributed by atoms with Crippen LogP contribution in [0.15, 0.2) is 36.5 Å². The summed E-state index contributed by atoms with van der Waals surface area (Å²) in [6.07, 6.45) is 1.85. The van der Waals surface area contributed by atoms with Crippen LogP contribution >= 0.6 is 11.3 Å². The van der Waals surface area contributed by atoms with Crippen LogP contribution in [0.1, 0.15) is 5.56 Å². The monoisotopic (exact) mass is 383 g/mol. The van der Waals surface area contributed by atoms with Gasteiger partial charge in [-0.2, -0.15) is 0 Å². The maximum atomic E-state index is 13.5. The highest BCUT2D eigenvalue weighted by Gasteiger charge is 2.16. The number of halogens is 1. The molecule has 0 bridgehead atoms. The molecule has 0 unspecified atom stereocenters. The second kappa shape index (κ2) is 6.24. The van der Waals surface area contributed by atoms with Crippen LogP contribution in [-0.2, 0) is 11.2 Å². The minimum Gasteiger partial charge on any atom is -0.486 e. The maximum Gasteiger partial charge on any atom is 0.230 e. The number of benzene rings is 2. The molecule has 1 aliphatic rings. The highest BCUT2D eigenvalue weighted by Crippen LogP contribution is 2.37. The number of fused-ring (bicyclic) bond motifs is 3. The molecule has 0 radical (unpaired) electrons. The lowest BCUT2D eigenvalue weighted by molar-refractivity contribution is -0.115. The van der Waals surface area contributed by atoms with Crippen molar-refractivity contribution in [3.8, 4) is 11.5 Å². The number of carbonyl (C=O) groups excluding carboxylic acids is 1. The minimum atomic E-state index is -0.330. The number of hydrogen-bond donors (Lipinski definition) is 2. The van der Waals surface area contributed by atoms with Crippen molar-refractivity contribution in [2.75, 3.05) is 18.5 Å². The van der Waals surface area contributed by atoms with Gasteiger partial charge in [-0.3, -0.25) is 4.79 Å². The largest absolute Gasteiger partial charge is 0.486 e. The zero-order valence-electron chi connectivity index (χ0n) is 14.0. The van der Waals surface area contributed by atoms with Crippen molar-refractivity contribution in [2.45, 2.75) is 6.42 Å². The first-order valence-electron chi connectivity index (χ1n) is 8.41. The lowest BCUT2D eigenvalue weighted by Crippen LogP contribution is -2.15. The SMILES string of the molecule is O=C(Cc1c[nH]c2ccc(F)cc12)Nc1nc2cc3c(cc2s1)OCCO3. The van der Waals surface area contributed by atoms with E-state index in [0.29, 0.717) is 35.2 Å². The Labute approximate surface area is 156 Å². The van der Waals surface area contributed by atoms with Crippen LogP contribution in [0.4, 0.5) is 9.52 Å². The van der Waals surface area contributed by atoms with Gasteiger partial charge in [0, 0.05) is 29.2 Å². The van der Waals surface area contributed by atoms with Crippen LogP contribution in [0, 0.1) is 5.82 Å². The van der Waals surface area contributed by atoms with Gasteiger partial charge in [-0.05, 0) is 23.8 Å². The van der Waals surface area contributed by atoms with E-state index in [1.807, 2.05) is 12.1 Å². The van der Waals surface area contributed by atoms with Gasteiger partial charge in [0.2, 0.25) is 5.91 Å². The van der Waals surface area contributed by atoms with Crippen molar-refractivity contribution >= 4 is 43.5 Å². The zero-order valence-corrected chi connectivity index (χ0v) is 14.9. The van der Waals surface area contributed by atoms with Gasteiger partial charge in [-0.1, -0.05) is 11.3 Å². The average Bonchev–Trinajstić information content (AvgIpc) is 3.22. The van der Waals surface area contributed by atoms with E-state index in [0.717, 1.165) is 21.3 Å². The van der Waals surface area contributed by atoms with E-state index < -0.39 is 0 Å². The van der Waals surface area contributed by atoms with Crippen molar-refractivity contribution in [1.82, 2.24) is 9.97 Å². The highest BCUT2D eigenvalue weighted by molar-refractivity contribution is 7.22. The molecule has 2 aromatic carbocycles. The fourth-order valence-corrected chi connectivity index (χ4v) is 4.04. The molecule has 0 atom stereocenters. The van der Waals surface area contributed by atoms with Gasteiger partial charge in [-0.15, -0.1) is 0 Å². The Morgan fingerprint density at radius 2 is 2.04 bits per heavy atom. The van der Waals surface area contributed by atoms with Crippen molar-refractivity contribution in [1.29, 1.82) is 0 Å². The number of hydrogen-bond acceptors (Lipinski definition) is 5. The first kappa shape index (κ1) is 16.1. The summed E-state index contributed by atoms with van der Waals surface area (Å²) in [6.45, 7) is 1.03. The molecular weight excluding hydrogens is 369 g/mol. The number of aromatic amines is 1. The molecule has 136 valence electrons. The highest BCUT2D eigenvalue weighted by atomic mass is 32.1. The van der Waals surface area contributed by atoms with Crippen molar-refractivity contribution in [3.05, 3.63) is 47.9 Å². The molecule has 4 aromatic rings. The van der Waals surface area contributed by atoms with Crippen LogP contribution in [-0.4, -0.2) is 29.1 Å². The van der Waals surface area contributed by atoms with E-state index in [-0.39, 0.29) is 18.1 Å². The Morgan fingerprint density at radius 3 is 2.89 bits per heavy atom. The second-order valence-electron chi connectivity index (χ2n) is 6.21. The van der Waals surface area contributed by atoms with E-state index in [1.54, 1.807) is 12.3 Å². The molecule has 8 heteroatoms. The fourth-order valence-electron chi connectivity index (χ4n) is 3.15. The number of amides is 1. The summed E-state index contributed by atoms with van der Waals surface area (Å²) in [7, 11) is 0. The lowest BCUT2D eigenvalue weighted by atomic mass is 10.1. The van der Waals surface area contributed by atoms with Crippen molar-refractivity contribution < 1.29 is 18.7 Å². The third-order valence-electron chi connectivity index (χ3n) is 4.38. The van der Waals surface area contributed by atoms with Crippen LogP contribution in [0.2, 0.25) is 0 Å². The number of H-pyrrole nitrogens is 1. The molecule has 5 rings (SSSR count). The van der Waals surface area contributed by atoms with Gasteiger partial charge in [0.25, 0.3) is 0 Å². The summed E-state index contributed by atoms with van der Waals surface area (Å²) < 4.78 is 25.5. The average molecular weight is 383 g/mol. The number of thiazole rings is 1. The molecule has 27 heavy (non-hydrogen) atoms. The van der Waals surface area contributed by atoms with E-state index in [9.17, 15) is 9.18 Å². The Hall–Kier alpha value is -3.13. The van der Waals surface area contributed by atoms with E-state index in [2.05, 4.69) is 15.3 Å². The molecule has 2 aromatic heterocycles. The molecular formula is C19H14FN3O3S. The van der Waals surface area contributed by atoms with Gasteiger partial charge >= 0.3 is 0 Å². The summed E-state index contributed by atoms with van der Waals surface area (Å²) in [5, 5.41) is 4.03. The van der Waals surface area contributed by atoms with Gasteiger partial charge < -0.3 is 19.8 Å². The first-order chi connectivity index (χ1) is 13.2. The van der Waals surface area contributed by atoms with Crippen molar-refractivity contribution in [3.63, 3.8) is 0 Å². The maximum absolute atomic E-state index is 13.5. The smallest absolute Gasteiger partial charge is 0.230 e. The summed E-state index contributed by atoms with van der Waals surface area (Å²) in [4.78, 5) is 19.9. The van der Waals surface area contributed by atoms with Gasteiger partial charge in [0.1, 0.15) is 19.0 Å². The predicted octanol–water partition coefficient (Wildman–Crippen LogP) is 3.87. The van der Waals surface area contributed by atoms with E-state index in [1.165, 1.54) is 23.5 Å². The van der Waals surface area contributed by atoms with Crippen LogP contribution in [0.3, 0.4) is 0 Å². The summed E-state index contributed by atoms with van der Waals surface area (Å²) in [5.41, 5.74) is 2.28. The number of rotatable bonds is 3. The van der Waals surface area contributed by atoms with Gasteiger partial charge in [0.15, 0.2) is 16.6 Å². The molecule has 1 aliphatic heterocycles. The van der Waals surface area contributed by atoms with Crippen LogP contribution in [0.5, 0.6) is 11.5 Å². The number of nitrogens with one attached hydrogen (secondary N) is 2. The van der Waals surface area contributed by atoms with Crippen LogP contribution < -0.4 is 14.8 Å². The topological polar surface area (TPSA) is 76.2 Å². The van der Waals surface area contributed by atoms with Gasteiger partial charge in [0.05, 0.1) is 16.6 Å². The van der Waals surface area contributed by atoms with Crippen LogP contribution in [0.25, 0.3) is 21.1 Å². The standard InChI is InChI=1S/C19H14FN3O3S/c20-11-1-2-13-12(6-11)10(9-21-13)5-18(24)23-19-22-14-7-15-16(8-17(14)27-19)26-4-3-25-15/h1-2,6-9,21H,3-5H2,(H,22,23,24).